The first-order chi connectivity index (χ1) is 9.95. The van der Waals surface area contributed by atoms with E-state index in [1.54, 1.807) is 12.1 Å². The minimum Gasteiger partial charge on any atom is -0.452 e. The number of fused-ring (bicyclic) bond motifs is 1. The van der Waals surface area contributed by atoms with E-state index in [4.69, 9.17) is 4.42 Å². The first-order valence-corrected chi connectivity index (χ1v) is 7.74. The fraction of sp³-hybridized carbons (Fsp3) is 0.0625. The van der Waals surface area contributed by atoms with Crippen LogP contribution in [-0.4, -0.2) is 5.78 Å². The van der Waals surface area contributed by atoms with Crippen molar-refractivity contribution in [2.24, 2.45) is 0 Å². The fourth-order valence-corrected chi connectivity index (χ4v) is 3.12. The minimum absolute atomic E-state index is 0.00558. The van der Waals surface area contributed by atoms with E-state index in [1.165, 1.54) is 12.1 Å². The highest BCUT2D eigenvalue weighted by atomic mass is 79.9. The van der Waals surface area contributed by atoms with Gasteiger partial charge in [0.1, 0.15) is 11.4 Å². The predicted octanol–water partition coefficient (Wildman–Crippen LogP) is 5.64. The van der Waals surface area contributed by atoms with Crippen LogP contribution in [0.25, 0.3) is 11.0 Å². The Morgan fingerprint density at radius 1 is 1.10 bits per heavy atom. The Kier molecular flexibility index (Phi) is 3.71. The molecule has 0 saturated carbocycles. The molecule has 0 unspecified atom stereocenters. The zero-order valence-corrected chi connectivity index (χ0v) is 14.1. The standard InChI is InChI=1S/C16H9Br2FO2/c1-8-4-11(18)5-9-6-14(21-16(8)9)15(20)12-3-2-10(17)7-13(12)19/h2-7H,1H3. The summed E-state index contributed by atoms with van der Waals surface area (Å²) in [4.78, 5) is 12.4. The zero-order chi connectivity index (χ0) is 15.1. The fourth-order valence-electron chi connectivity index (χ4n) is 2.20. The van der Waals surface area contributed by atoms with Crippen LogP contribution in [0.1, 0.15) is 21.7 Å². The highest BCUT2D eigenvalue weighted by molar-refractivity contribution is 9.10. The Balaban J connectivity index is 2.11. The van der Waals surface area contributed by atoms with E-state index in [2.05, 4.69) is 31.9 Å². The normalized spacial score (nSPS) is 11.0. The summed E-state index contributed by atoms with van der Waals surface area (Å²) in [6.07, 6.45) is 0. The number of hydrogen-bond donors (Lipinski definition) is 0. The number of benzene rings is 2. The molecule has 0 atom stereocenters. The molecule has 5 heteroatoms. The second kappa shape index (κ2) is 5.39. The quantitative estimate of drug-likeness (QED) is 0.511. The third-order valence-electron chi connectivity index (χ3n) is 3.17. The molecule has 106 valence electrons. The molecular formula is C16H9Br2FO2. The molecular weight excluding hydrogens is 403 g/mol. The molecule has 0 bridgehead atoms. The van der Waals surface area contributed by atoms with E-state index >= 15 is 0 Å². The predicted molar refractivity (Wildman–Crippen MR) is 86.2 cm³/mol. The second-order valence-electron chi connectivity index (χ2n) is 4.70. The molecule has 0 aliphatic carbocycles. The molecule has 2 aromatic carbocycles. The summed E-state index contributed by atoms with van der Waals surface area (Å²) in [5.41, 5.74) is 1.54. The van der Waals surface area contributed by atoms with E-state index in [-0.39, 0.29) is 11.3 Å². The van der Waals surface area contributed by atoms with Gasteiger partial charge in [-0.15, -0.1) is 0 Å². The molecule has 3 rings (SSSR count). The number of rotatable bonds is 2. The number of aryl methyl sites for hydroxylation is 1. The Labute approximate surface area is 137 Å². The van der Waals surface area contributed by atoms with Gasteiger partial charge in [-0.2, -0.15) is 0 Å². The van der Waals surface area contributed by atoms with Crippen LogP contribution >= 0.6 is 31.9 Å². The highest BCUT2D eigenvalue weighted by Gasteiger charge is 2.19. The Hall–Kier alpha value is -1.46. The van der Waals surface area contributed by atoms with Gasteiger partial charge in [0.15, 0.2) is 5.76 Å². The van der Waals surface area contributed by atoms with Crippen molar-refractivity contribution in [1.29, 1.82) is 0 Å². The molecule has 1 heterocycles. The molecule has 0 saturated heterocycles. The van der Waals surface area contributed by atoms with Crippen LogP contribution in [0.2, 0.25) is 0 Å². The number of ketones is 1. The molecule has 2 nitrogen and oxygen atoms in total. The van der Waals surface area contributed by atoms with Crippen molar-refractivity contribution in [2.75, 3.05) is 0 Å². The lowest BCUT2D eigenvalue weighted by Crippen LogP contribution is -2.02. The monoisotopic (exact) mass is 410 g/mol. The average molecular weight is 412 g/mol. The number of carbonyl (C=O) groups excluding carboxylic acids is 1. The van der Waals surface area contributed by atoms with E-state index in [0.29, 0.717) is 10.1 Å². The minimum atomic E-state index is -0.576. The summed E-state index contributed by atoms with van der Waals surface area (Å²) in [6.45, 7) is 1.89. The smallest absolute Gasteiger partial charge is 0.231 e. The third kappa shape index (κ3) is 2.68. The van der Waals surface area contributed by atoms with Gasteiger partial charge in [-0.1, -0.05) is 31.9 Å². The van der Waals surface area contributed by atoms with Gasteiger partial charge in [-0.05, 0) is 48.9 Å². The van der Waals surface area contributed by atoms with Crippen molar-refractivity contribution in [3.05, 3.63) is 68.0 Å². The summed E-state index contributed by atoms with van der Waals surface area (Å²) in [5, 5.41) is 0.808. The van der Waals surface area contributed by atoms with Crippen molar-refractivity contribution in [1.82, 2.24) is 0 Å². The van der Waals surface area contributed by atoms with Crippen molar-refractivity contribution in [3.8, 4) is 0 Å². The molecule has 0 amide bonds. The van der Waals surface area contributed by atoms with Gasteiger partial charge in [-0.25, -0.2) is 4.39 Å². The van der Waals surface area contributed by atoms with E-state index in [0.717, 1.165) is 15.4 Å². The first-order valence-electron chi connectivity index (χ1n) is 6.15. The second-order valence-corrected chi connectivity index (χ2v) is 6.54. The molecule has 0 aliphatic heterocycles. The topological polar surface area (TPSA) is 30.2 Å². The largest absolute Gasteiger partial charge is 0.452 e. The molecule has 0 radical (unpaired) electrons. The Morgan fingerprint density at radius 2 is 1.86 bits per heavy atom. The lowest BCUT2D eigenvalue weighted by atomic mass is 10.1. The van der Waals surface area contributed by atoms with Gasteiger partial charge in [-0.3, -0.25) is 4.79 Å². The number of furan rings is 1. The van der Waals surface area contributed by atoms with Gasteiger partial charge in [0.25, 0.3) is 0 Å². The Bertz CT molecular complexity index is 868. The van der Waals surface area contributed by atoms with Gasteiger partial charge in [0.05, 0.1) is 5.56 Å². The van der Waals surface area contributed by atoms with Crippen LogP contribution in [0.15, 0.2) is 49.8 Å². The maximum absolute atomic E-state index is 13.9. The maximum Gasteiger partial charge on any atom is 0.231 e. The van der Waals surface area contributed by atoms with Crippen molar-refractivity contribution in [3.63, 3.8) is 0 Å². The van der Waals surface area contributed by atoms with Gasteiger partial charge < -0.3 is 4.42 Å². The first kappa shape index (κ1) is 14.5. The van der Waals surface area contributed by atoms with Crippen LogP contribution in [0.4, 0.5) is 4.39 Å². The molecule has 21 heavy (non-hydrogen) atoms. The molecule has 3 aromatic rings. The van der Waals surface area contributed by atoms with Crippen LogP contribution in [-0.2, 0) is 0 Å². The van der Waals surface area contributed by atoms with E-state index < -0.39 is 11.6 Å². The molecule has 0 fully saturated rings. The average Bonchev–Trinajstić information content (AvgIpc) is 2.82. The van der Waals surface area contributed by atoms with Gasteiger partial charge >= 0.3 is 0 Å². The summed E-state index contributed by atoms with van der Waals surface area (Å²) >= 11 is 6.57. The molecule has 1 aromatic heterocycles. The number of carbonyl (C=O) groups is 1. The molecule has 0 spiro atoms. The number of halogens is 3. The zero-order valence-electron chi connectivity index (χ0n) is 10.9. The number of hydrogen-bond acceptors (Lipinski definition) is 2. The van der Waals surface area contributed by atoms with Crippen LogP contribution in [0.3, 0.4) is 0 Å². The lowest BCUT2D eigenvalue weighted by Gasteiger charge is -2.00. The van der Waals surface area contributed by atoms with Crippen LogP contribution in [0.5, 0.6) is 0 Å². The van der Waals surface area contributed by atoms with E-state index in [9.17, 15) is 9.18 Å². The van der Waals surface area contributed by atoms with Crippen molar-refractivity contribution in [2.45, 2.75) is 6.92 Å². The Morgan fingerprint density at radius 3 is 2.57 bits per heavy atom. The summed E-state index contributed by atoms with van der Waals surface area (Å²) in [5.74, 6) is -0.910. The van der Waals surface area contributed by atoms with Crippen molar-refractivity contribution >= 4 is 48.6 Å². The molecule has 0 aliphatic rings. The van der Waals surface area contributed by atoms with Gasteiger partial charge in [0.2, 0.25) is 5.78 Å². The van der Waals surface area contributed by atoms with Gasteiger partial charge in [0, 0.05) is 14.3 Å². The maximum atomic E-state index is 13.9. The summed E-state index contributed by atoms with van der Waals surface area (Å²) < 4.78 is 21.0. The highest BCUT2D eigenvalue weighted by Crippen LogP contribution is 2.28. The van der Waals surface area contributed by atoms with E-state index in [1.807, 2.05) is 19.1 Å². The lowest BCUT2D eigenvalue weighted by molar-refractivity contribution is 0.101. The summed E-state index contributed by atoms with van der Waals surface area (Å²) in [6, 6.07) is 9.73. The van der Waals surface area contributed by atoms with Crippen LogP contribution < -0.4 is 0 Å². The molecule has 0 N–H and O–H groups in total. The SMILES string of the molecule is Cc1cc(Br)cc2cc(C(=O)c3ccc(Br)cc3F)oc12. The van der Waals surface area contributed by atoms with Crippen LogP contribution in [0, 0.1) is 12.7 Å². The van der Waals surface area contributed by atoms with Crippen molar-refractivity contribution < 1.29 is 13.6 Å². The third-order valence-corrected chi connectivity index (χ3v) is 4.12. The summed E-state index contributed by atoms with van der Waals surface area (Å²) in [7, 11) is 0.